The molecule has 1 aromatic heterocycles. The molecule has 0 aliphatic rings. The molecule has 0 fully saturated rings. The summed E-state index contributed by atoms with van der Waals surface area (Å²) in [6, 6.07) is 5.88. The molecule has 5 nitrogen and oxygen atoms in total. The fourth-order valence-corrected chi connectivity index (χ4v) is 2.48. The summed E-state index contributed by atoms with van der Waals surface area (Å²) in [7, 11) is -2.54. The van der Waals surface area contributed by atoms with Gasteiger partial charge in [-0.2, -0.15) is 22.5 Å². The number of halogens is 3. The molecular formula is C13H10F3N3O2S. The molecule has 22 heavy (non-hydrogen) atoms. The molecule has 0 N–H and O–H groups in total. The molecule has 1 atom stereocenters. The fourth-order valence-electron chi connectivity index (χ4n) is 1.54. The topological polar surface area (TPSA) is 68.3 Å². The first kappa shape index (κ1) is 16.0. The molecule has 0 spiro atoms. The number of aromatic nitrogens is 2. The van der Waals surface area contributed by atoms with Gasteiger partial charge in [-0.25, -0.2) is 4.21 Å². The highest BCUT2D eigenvalue weighted by atomic mass is 32.2. The van der Waals surface area contributed by atoms with Crippen LogP contribution in [-0.2, 0) is 15.9 Å². The van der Waals surface area contributed by atoms with Crippen molar-refractivity contribution in [2.45, 2.75) is 6.18 Å². The third-order valence-electron chi connectivity index (χ3n) is 2.44. The van der Waals surface area contributed by atoms with E-state index in [0.29, 0.717) is 11.3 Å². The summed E-state index contributed by atoms with van der Waals surface area (Å²) in [6.45, 7) is 0. The zero-order valence-corrected chi connectivity index (χ0v) is 12.1. The highest BCUT2D eigenvalue weighted by Gasteiger charge is 2.38. The van der Waals surface area contributed by atoms with E-state index in [0.717, 1.165) is 0 Å². The van der Waals surface area contributed by atoms with Gasteiger partial charge in [-0.05, 0) is 24.3 Å². The van der Waals surface area contributed by atoms with Gasteiger partial charge >= 0.3 is 12.1 Å². The monoisotopic (exact) mass is 329 g/mol. The lowest BCUT2D eigenvalue weighted by atomic mass is 10.2. The van der Waals surface area contributed by atoms with E-state index in [-0.39, 0.29) is 11.6 Å². The third-order valence-corrected chi connectivity index (χ3v) is 3.74. The molecule has 0 bridgehead atoms. The summed E-state index contributed by atoms with van der Waals surface area (Å²) >= 11 is 0. The number of rotatable bonds is 3. The quantitative estimate of drug-likeness (QED) is 0.811. The van der Waals surface area contributed by atoms with Crippen molar-refractivity contribution in [2.24, 2.45) is 4.36 Å². The van der Waals surface area contributed by atoms with Crippen LogP contribution in [0.3, 0.4) is 0 Å². The van der Waals surface area contributed by atoms with Gasteiger partial charge in [-0.3, -0.25) is 0 Å². The number of nitrogens with zero attached hydrogens (tertiary/aromatic N) is 3. The number of benzene rings is 1. The van der Waals surface area contributed by atoms with E-state index in [9.17, 15) is 17.4 Å². The van der Waals surface area contributed by atoms with Crippen molar-refractivity contribution in [3.63, 3.8) is 0 Å². The fraction of sp³-hybridized carbons (Fsp3) is 0.231. The van der Waals surface area contributed by atoms with Crippen molar-refractivity contribution in [1.29, 1.82) is 0 Å². The first-order chi connectivity index (χ1) is 10.2. The van der Waals surface area contributed by atoms with Crippen LogP contribution in [-0.4, -0.2) is 26.4 Å². The molecule has 2 rings (SSSR count). The van der Waals surface area contributed by atoms with Gasteiger partial charge in [-0.15, -0.1) is 6.42 Å². The lowest BCUT2D eigenvalue weighted by molar-refractivity contribution is -0.159. The molecule has 2 aromatic rings. The normalized spacial score (nSPS) is 14.1. The predicted molar refractivity (Wildman–Crippen MR) is 74.6 cm³/mol. The van der Waals surface area contributed by atoms with Crippen LogP contribution in [0.1, 0.15) is 5.89 Å². The molecule has 0 saturated carbocycles. The second-order valence-electron chi connectivity index (χ2n) is 4.37. The molecule has 9 heteroatoms. The van der Waals surface area contributed by atoms with E-state index in [4.69, 9.17) is 6.42 Å². The Hall–Kier alpha value is -2.34. The Morgan fingerprint density at radius 2 is 2.00 bits per heavy atom. The van der Waals surface area contributed by atoms with Crippen LogP contribution in [0, 0.1) is 12.3 Å². The van der Waals surface area contributed by atoms with Crippen LogP contribution in [0.15, 0.2) is 33.2 Å². The van der Waals surface area contributed by atoms with E-state index >= 15 is 0 Å². The summed E-state index contributed by atoms with van der Waals surface area (Å²) in [5, 5.41) is 3.27. The average molecular weight is 329 g/mol. The number of alkyl halides is 3. The van der Waals surface area contributed by atoms with Gasteiger partial charge in [0.15, 0.2) is 0 Å². The summed E-state index contributed by atoms with van der Waals surface area (Å²) in [4.78, 5) is 3.27. The van der Waals surface area contributed by atoms with Crippen LogP contribution >= 0.6 is 0 Å². The Morgan fingerprint density at radius 3 is 2.50 bits per heavy atom. The van der Waals surface area contributed by atoms with Crippen molar-refractivity contribution in [3.8, 4) is 23.7 Å². The second kappa shape index (κ2) is 5.81. The molecule has 1 unspecified atom stereocenters. The molecular weight excluding hydrogens is 319 g/mol. The molecule has 0 saturated heterocycles. The highest BCUT2D eigenvalue weighted by Crippen LogP contribution is 2.29. The first-order valence-electron chi connectivity index (χ1n) is 5.86. The molecule has 0 aliphatic carbocycles. The molecule has 0 radical (unpaired) electrons. The number of hydrogen-bond donors (Lipinski definition) is 0. The largest absolute Gasteiger partial charge is 0.471 e. The molecule has 0 aliphatic heterocycles. The lowest BCUT2D eigenvalue weighted by Crippen LogP contribution is -2.04. The van der Waals surface area contributed by atoms with Crippen molar-refractivity contribution in [2.75, 3.05) is 12.0 Å². The zero-order valence-electron chi connectivity index (χ0n) is 11.3. The maximum Gasteiger partial charge on any atom is 0.471 e. The van der Waals surface area contributed by atoms with Crippen molar-refractivity contribution >= 4 is 15.4 Å². The van der Waals surface area contributed by atoms with Crippen molar-refractivity contribution < 1.29 is 21.9 Å². The molecule has 1 heterocycles. The van der Waals surface area contributed by atoms with Gasteiger partial charge in [0, 0.05) is 11.8 Å². The van der Waals surface area contributed by atoms with E-state index in [2.05, 4.69) is 24.9 Å². The van der Waals surface area contributed by atoms with Crippen LogP contribution < -0.4 is 0 Å². The van der Waals surface area contributed by atoms with Crippen LogP contribution in [0.5, 0.6) is 0 Å². The smallest absolute Gasteiger partial charge is 0.329 e. The first-order valence-corrected chi connectivity index (χ1v) is 7.95. The van der Waals surface area contributed by atoms with Gasteiger partial charge in [0.05, 0.1) is 21.2 Å². The minimum absolute atomic E-state index is 0.00847. The Balaban J connectivity index is 2.29. The van der Waals surface area contributed by atoms with Crippen LogP contribution in [0.25, 0.3) is 11.4 Å². The maximum absolute atomic E-state index is 12.4. The average Bonchev–Trinajstić information content (AvgIpc) is 2.88. The standard InChI is InChI=1S/C13H10F3N3O2S/c1-3-8-22(2,20)19-10-6-4-9(5-7-10)11-17-12(21-18-11)13(14,15)16/h1,4-7H,8H2,2H3. The molecule has 1 aromatic carbocycles. The number of hydrogen-bond acceptors (Lipinski definition) is 5. The van der Waals surface area contributed by atoms with Crippen molar-refractivity contribution in [3.05, 3.63) is 30.2 Å². The van der Waals surface area contributed by atoms with Crippen molar-refractivity contribution in [1.82, 2.24) is 10.1 Å². The predicted octanol–water partition coefficient (Wildman–Crippen LogP) is 3.12. The molecule has 116 valence electrons. The summed E-state index contributed by atoms with van der Waals surface area (Å²) in [5.41, 5.74) is 0.712. The maximum atomic E-state index is 12.4. The molecule has 0 amide bonds. The Labute approximate surface area is 124 Å². The lowest BCUT2D eigenvalue weighted by Gasteiger charge is -2.00. The highest BCUT2D eigenvalue weighted by molar-refractivity contribution is 7.93. The van der Waals surface area contributed by atoms with E-state index < -0.39 is 21.8 Å². The van der Waals surface area contributed by atoms with E-state index in [1.54, 1.807) is 0 Å². The third kappa shape index (κ3) is 3.85. The van der Waals surface area contributed by atoms with Gasteiger partial charge in [-0.1, -0.05) is 11.1 Å². The van der Waals surface area contributed by atoms with Gasteiger partial charge in [0.1, 0.15) is 0 Å². The zero-order chi connectivity index (χ0) is 16.4. The summed E-state index contributed by atoms with van der Waals surface area (Å²) in [6.07, 6.45) is 1.83. The second-order valence-corrected chi connectivity index (χ2v) is 6.76. The Morgan fingerprint density at radius 1 is 1.36 bits per heavy atom. The van der Waals surface area contributed by atoms with E-state index in [1.165, 1.54) is 30.5 Å². The summed E-state index contributed by atoms with van der Waals surface area (Å²) < 4.78 is 57.2. The minimum Gasteiger partial charge on any atom is -0.329 e. The SMILES string of the molecule is C#CCS(C)(=O)=Nc1ccc(-c2noc(C(F)(F)F)n2)cc1. The van der Waals surface area contributed by atoms with Crippen LogP contribution in [0.4, 0.5) is 18.9 Å². The van der Waals surface area contributed by atoms with Gasteiger partial charge in [0.25, 0.3) is 0 Å². The Bertz CT molecular complexity index is 825. The summed E-state index contributed by atoms with van der Waals surface area (Å²) in [5.74, 6) is 0.673. The number of terminal acetylenes is 1. The van der Waals surface area contributed by atoms with Gasteiger partial charge in [0.2, 0.25) is 5.82 Å². The van der Waals surface area contributed by atoms with E-state index in [1.807, 2.05) is 0 Å². The Kier molecular flexibility index (Phi) is 4.23. The van der Waals surface area contributed by atoms with Crippen LogP contribution in [0.2, 0.25) is 0 Å². The van der Waals surface area contributed by atoms with Gasteiger partial charge < -0.3 is 4.52 Å². The minimum atomic E-state index is -4.69.